The molecule has 0 radical (unpaired) electrons. The topological polar surface area (TPSA) is 29.9 Å². The van der Waals surface area contributed by atoms with Gasteiger partial charge < -0.3 is 9.88 Å². The van der Waals surface area contributed by atoms with Crippen LogP contribution >= 0.6 is 0 Å². The lowest BCUT2D eigenvalue weighted by atomic mass is 9.82. The molecule has 18 heavy (non-hydrogen) atoms. The van der Waals surface area contributed by atoms with Crippen LogP contribution in [-0.4, -0.2) is 22.1 Å². The van der Waals surface area contributed by atoms with Crippen LogP contribution in [0.1, 0.15) is 51.3 Å². The summed E-state index contributed by atoms with van der Waals surface area (Å²) >= 11 is 0. The maximum absolute atomic E-state index is 4.48. The second-order valence-electron chi connectivity index (χ2n) is 5.62. The molecule has 0 aromatic carbocycles. The Morgan fingerprint density at radius 1 is 1.39 bits per heavy atom. The number of aromatic nitrogens is 2. The normalized spacial score (nSPS) is 19.0. The molecular formula is C15H27N3. The van der Waals surface area contributed by atoms with Gasteiger partial charge in [0, 0.05) is 31.9 Å². The minimum atomic E-state index is 0.617. The molecule has 1 aromatic heterocycles. The van der Waals surface area contributed by atoms with E-state index in [2.05, 4.69) is 28.8 Å². The van der Waals surface area contributed by atoms with E-state index in [9.17, 15) is 0 Å². The van der Waals surface area contributed by atoms with Gasteiger partial charge in [-0.15, -0.1) is 0 Å². The molecule has 0 bridgehead atoms. The van der Waals surface area contributed by atoms with E-state index < -0.39 is 0 Å². The van der Waals surface area contributed by atoms with Crippen LogP contribution < -0.4 is 5.32 Å². The molecule has 2 rings (SSSR count). The number of imidazole rings is 1. The Labute approximate surface area is 111 Å². The number of hydrogen-bond acceptors (Lipinski definition) is 2. The van der Waals surface area contributed by atoms with Gasteiger partial charge in [0.2, 0.25) is 0 Å². The second-order valence-corrected chi connectivity index (χ2v) is 5.62. The lowest BCUT2D eigenvalue weighted by Gasteiger charge is -2.31. The van der Waals surface area contributed by atoms with Gasteiger partial charge in [-0.3, -0.25) is 0 Å². The first-order valence-corrected chi connectivity index (χ1v) is 7.51. The first-order valence-electron chi connectivity index (χ1n) is 7.51. The van der Waals surface area contributed by atoms with Crippen LogP contribution in [0.5, 0.6) is 0 Å². The second kappa shape index (κ2) is 6.93. The molecule has 1 aliphatic rings. The van der Waals surface area contributed by atoms with Gasteiger partial charge >= 0.3 is 0 Å². The maximum atomic E-state index is 4.48. The fraction of sp³-hybridized carbons (Fsp3) is 0.800. The summed E-state index contributed by atoms with van der Waals surface area (Å²) in [6.45, 7) is 3.37. The average molecular weight is 249 g/mol. The first kappa shape index (κ1) is 13.6. The van der Waals surface area contributed by atoms with Crippen molar-refractivity contribution in [3.8, 4) is 0 Å². The highest BCUT2D eigenvalue weighted by atomic mass is 15.0. The van der Waals surface area contributed by atoms with Crippen molar-refractivity contribution >= 4 is 0 Å². The molecule has 102 valence electrons. The van der Waals surface area contributed by atoms with Crippen molar-refractivity contribution < 1.29 is 0 Å². The van der Waals surface area contributed by atoms with E-state index in [4.69, 9.17) is 0 Å². The minimum absolute atomic E-state index is 0.617. The van der Waals surface area contributed by atoms with Gasteiger partial charge in [-0.05, 0) is 31.7 Å². The van der Waals surface area contributed by atoms with Crippen LogP contribution in [0.4, 0.5) is 0 Å². The predicted octanol–water partition coefficient (Wildman–Crippen LogP) is 2.91. The molecule has 1 N–H and O–H groups in total. The molecule has 1 aromatic rings. The zero-order chi connectivity index (χ0) is 12.8. The molecule has 1 atom stereocenters. The molecule has 3 nitrogen and oxygen atoms in total. The molecule has 0 spiro atoms. The molecule has 0 aliphatic heterocycles. The summed E-state index contributed by atoms with van der Waals surface area (Å²) < 4.78 is 2.16. The summed E-state index contributed by atoms with van der Waals surface area (Å²) in [7, 11) is 2.10. The van der Waals surface area contributed by atoms with Crippen LogP contribution in [0.25, 0.3) is 0 Å². The summed E-state index contributed by atoms with van der Waals surface area (Å²) in [6, 6.07) is 0.617. The molecule has 1 aliphatic carbocycles. The van der Waals surface area contributed by atoms with Crippen molar-refractivity contribution in [3.05, 3.63) is 18.2 Å². The molecule has 1 unspecified atom stereocenters. The number of hydrogen-bond donors (Lipinski definition) is 1. The van der Waals surface area contributed by atoms with E-state index in [0.29, 0.717) is 6.04 Å². The lowest BCUT2D eigenvalue weighted by molar-refractivity contribution is 0.264. The largest absolute Gasteiger partial charge is 0.338 e. The van der Waals surface area contributed by atoms with Gasteiger partial charge in [0.15, 0.2) is 0 Å². The molecular weight excluding hydrogens is 222 g/mol. The Kier molecular flexibility index (Phi) is 5.24. The number of nitrogens with one attached hydrogen (secondary N) is 1. The van der Waals surface area contributed by atoms with Gasteiger partial charge in [0.25, 0.3) is 0 Å². The van der Waals surface area contributed by atoms with E-state index in [1.165, 1.54) is 44.3 Å². The number of rotatable bonds is 6. The maximum Gasteiger partial charge on any atom is 0.109 e. The van der Waals surface area contributed by atoms with Gasteiger partial charge in [-0.1, -0.05) is 26.2 Å². The average Bonchev–Trinajstić information content (AvgIpc) is 2.81. The lowest BCUT2D eigenvalue weighted by Crippen LogP contribution is -2.40. The first-order chi connectivity index (χ1) is 8.81. The Morgan fingerprint density at radius 2 is 2.17 bits per heavy atom. The highest BCUT2D eigenvalue weighted by molar-refractivity contribution is 4.96. The zero-order valence-electron chi connectivity index (χ0n) is 11.9. The fourth-order valence-electron chi connectivity index (χ4n) is 3.06. The molecule has 1 heterocycles. The van der Waals surface area contributed by atoms with Crippen LogP contribution in [-0.2, 0) is 13.5 Å². The van der Waals surface area contributed by atoms with Gasteiger partial charge in [-0.2, -0.15) is 0 Å². The highest BCUT2D eigenvalue weighted by Gasteiger charge is 2.24. The zero-order valence-corrected chi connectivity index (χ0v) is 11.9. The smallest absolute Gasteiger partial charge is 0.109 e. The number of aryl methyl sites for hydroxylation is 1. The fourth-order valence-corrected chi connectivity index (χ4v) is 3.06. The standard InChI is InChI=1S/C15H27N3/c1-3-9-16-14(13-7-5-4-6-8-13)12-15-17-10-11-18(15)2/h10-11,13-14,16H,3-9,12H2,1-2H3. The van der Waals surface area contributed by atoms with Crippen LogP contribution in [0.2, 0.25) is 0 Å². The van der Waals surface area contributed by atoms with Crippen molar-refractivity contribution in [1.29, 1.82) is 0 Å². The summed E-state index contributed by atoms with van der Waals surface area (Å²) in [5.41, 5.74) is 0. The van der Waals surface area contributed by atoms with Gasteiger partial charge in [0.1, 0.15) is 5.82 Å². The van der Waals surface area contributed by atoms with E-state index in [1.54, 1.807) is 0 Å². The SMILES string of the molecule is CCCNC(Cc1nccn1C)C1CCCCC1. The van der Waals surface area contributed by atoms with Crippen molar-refractivity contribution in [1.82, 2.24) is 14.9 Å². The van der Waals surface area contributed by atoms with Crippen molar-refractivity contribution in [2.24, 2.45) is 13.0 Å². The molecule has 0 saturated heterocycles. The molecule has 1 saturated carbocycles. The predicted molar refractivity (Wildman–Crippen MR) is 75.6 cm³/mol. The van der Waals surface area contributed by atoms with Gasteiger partial charge in [-0.25, -0.2) is 4.98 Å². The van der Waals surface area contributed by atoms with E-state index in [0.717, 1.165) is 18.9 Å². The quantitative estimate of drug-likeness (QED) is 0.840. The summed E-state index contributed by atoms with van der Waals surface area (Å²) in [5, 5.41) is 3.75. The third-order valence-electron chi connectivity index (χ3n) is 4.20. The van der Waals surface area contributed by atoms with E-state index in [-0.39, 0.29) is 0 Å². The monoisotopic (exact) mass is 249 g/mol. The van der Waals surface area contributed by atoms with Crippen LogP contribution in [0.15, 0.2) is 12.4 Å². The molecule has 0 amide bonds. The Morgan fingerprint density at radius 3 is 2.78 bits per heavy atom. The summed E-state index contributed by atoms with van der Waals surface area (Å²) in [4.78, 5) is 4.48. The van der Waals surface area contributed by atoms with Crippen LogP contribution in [0, 0.1) is 5.92 Å². The van der Waals surface area contributed by atoms with E-state index in [1.807, 2.05) is 12.4 Å². The van der Waals surface area contributed by atoms with Gasteiger partial charge in [0.05, 0.1) is 0 Å². The molecule has 3 heteroatoms. The minimum Gasteiger partial charge on any atom is -0.338 e. The van der Waals surface area contributed by atoms with Crippen LogP contribution in [0.3, 0.4) is 0 Å². The van der Waals surface area contributed by atoms with Crippen molar-refractivity contribution in [3.63, 3.8) is 0 Å². The summed E-state index contributed by atoms with van der Waals surface area (Å²) in [5.74, 6) is 2.07. The Balaban J connectivity index is 1.97. The summed E-state index contributed by atoms with van der Waals surface area (Å²) in [6.07, 6.45) is 13.3. The highest BCUT2D eigenvalue weighted by Crippen LogP contribution is 2.27. The number of nitrogens with zero attached hydrogens (tertiary/aromatic N) is 2. The molecule has 1 fully saturated rings. The Hall–Kier alpha value is -0.830. The third-order valence-corrected chi connectivity index (χ3v) is 4.20. The van der Waals surface area contributed by atoms with Crippen molar-refractivity contribution in [2.45, 2.75) is 57.9 Å². The van der Waals surface area contributed by atoms with Crippen molar-refractivity contribution in [2.75, 3.05) is 6.54 Å². The third kappa shape index (κ3) is 3.58. The van der Waals surface area contributed by atoms with E-state index >= 15 is 0 Å². The Bertz CT molecular complexity index is 339.